The summed E-state index contributed by atoms with van der Waals surface area (Å²) in [5, 5.41) is 9.78. The highest BCUT2D eigenvalue weighted by molar-refractivity contribution is 5.71. The van der Waals surface area contributed by atoms with Gasteiger partial charge < -0.3 is 28.5 Å². The van der Waals surface area contributed by atoms with Crippen molar-refractivity contribution in [3.05, 3.63) is 85.1 Å². The minimum atomic E-state index is -1.51. The number of carboxylic acid groups (broad SMARTS) is 1. The van der Waals surface area contributed by atoms with Crippen molar-refractivity contribution in [1.82, 2.24) is 0 Å². The van der Waals surface area contributed by atoms with Crippen molar-refractivity contribution >= 4 is 17.9 Å². The van der Waals surface area contributed by atoms with Crippen LogP contribution < -0.4 is 0 Å². The van der Waals surface area contributed by atoms with Crippen molar-refractivity contribution in [1.29, 1.82) is 0 Å². The average Bonchev–Trinajstić information content (AvgIpc) is 2.40. The van der Waals surface area contributed by atoms with Crippen LogP contribution in [-0.4, -0.2) is 87.4 Å². The van der Waals surface area contributed by atoms with E-state index in [-0.39, 0.29) is 38.2 Å². The molecule has 9 heteroatoms. The monoisotopic (exact) mass is 1350 g/mol. The zero-order valence-electron chi connectivity index (χ0n) is 64.0. The zero-order valence-corrected chi connectivity index (χ0v) is 64.0. The van der Waals surface area contributed by atoms with Crippen molar-refractivity contribution in [2.45, 2.75) is 405 Å². The fourth-order valence-electron chi connectivity index (χ4n) is 12.2. The summed E-state index contributed by atoms with van der Waals surface area (Å²) in [6.07, 6.45) is 103. The second kappa shape index (κ2) is 77.2. The topological polar surface area (TPSA) is 108 Å². The standard InChI is InChI=1S/C87H157NO8/c1-6-8-10-12-14-16-18-20-22-24-26-28-30-32-34-36-38-40-41-42-43-44-45-46-48-50-52-54-56-58-60-62-64-66-68-70-72-74-76-78-85(90)96-83(82-95-87(86(91)92)93-80-79-88(3,4)5)81-94-84(89)77-75-73-71-69-67-65-63-61-59-57-55-53-51-49-47-39-37-35-33-31-29-27-25-23-21-19-17-15-13-11-9-7-2/h8,10,14,16,20,22,26,28,32,34,38,40,42-43,83,87H,6-7,9,11-13,15,17-19,21,23-25,27,29-31,33,35-37,39,41,44-82H2,1-5H3/p+1/b10-8-,16-14-,22-20-,28-26-,34-32-,40-38-,43-42-. The summed E-state index contributed by atoms with van der Waals surface area (Å²) in [6.45, 7) is 4.83. The lowest BCUT2D eigenvalue weighted by molar-refractivity contribution is -0.870. The quantitative estimate of drug-likeness (QED) is 0.0211. The minimum absolute atomic E-state index is 0.178. The Hall–Kier alpha value is -3.53. The lowest BCUT2D eigenvalue weighted by atomic mass is 10.0. The highest BCUT2D eigenvalue weighted by Crippen LogP contribution is 2.20. The number of hydrogen-bond donors (Lipinski definition) is 1. The predicted molar refractivity (Wildman–Crippen MR) is 415 cm³/mol. The molecule has 0 spiro atoms. The molecular formula is C87H158NO8+. The van der Waals surface area contributed by atoms with E-state index in [1.54, 1.807) is 0 Å². The molecule has 0 aliphatic rings. The number of nitrogens with zero attached hydrogens (tertiary/aromatic N) is 1. The fraction of sp³-hybridized carbons (Fsp3) is 0.805. The van der Waals surface area contributed by atoms with Crippen LogP contribution in [-0.2, 0) is 33.3 Å². The summed E-state index contributed by atoms with van der Waals surface area (Å²) in [5.41, 5.74) is 0. The first-order valence-electron chi connectivity index (χ1n) is 41.3. The summed E-state index contributed by atoms with van der Waals surface area (Å²) < 4.78 is 23.1. The number of esters is 2. The number of quaternary nitrogens is 1. The Kier molecular flexibility index (Phi) is 74.4. The minimum Gasteiger partial charge on any atom is -0.477 e. The summed E-state index contributed by atoms with van der Waals surface area (Å²) in [5.74, 6) is -1.98. The molecule has 0 aliphatic heterocycles. The maximum absolute atomic E-state index is 13.0. The van der Waals surface area contributed by atoms with Crippen molar-refractivity contribution in [2.24, 2.45) is 0 Å². The van der Waals surface area contributed by atoms with Crippen LogP contribution in [0.15, 0.2) is 85.1 Å². The van der Waals surface area contributed by atoms with E-state index in [2.05, 4.69) is 98.9 Å². The number of carbonyl (C=O) groups is 3. The third-order valence-corrected chi connectivity index (χ3v) is 18.4. The fourth-order valence-corrected chi connectivity index (χ4v) is 12.2. The maximum atomic E-state index is 13.0. The Morgan fingerprint density at radius 2 is 0.594 bits per heavy atom. The summed E-state index contributed by atoms with van der Waals surface area (Å²) in [4.78, 5) is 37.8. The molecule has 9 nitrogen and oxygen atoms in total. The molecule has 0 fully saturated rings. The molecule has 0 aliphatic carbocycles. The zero-order chi connectivity index (χ0) is 69.7. The first-order valence-corrected chi connectivity index (χ1v) is 41.3. The third-order valence-electron chi connectivity index (χ3n) is 18.4. The number of ether oxygens (including phenoxy) is 4. The molecule has 0 bridgehead atoms. The van der Waals surface area contributed by atoms with Crippen molar-refractivity contribution < 1.29 is 42.9 Å². The van der Waals surface area contributed by atoms with Gasteiger partial charge in [-0.3, -0.25) is 9.59 Å². The van der Waals surface area contributed by atoms with Crippen molar-refractivity contribution in [3.63, 3.8) is 0 Å². The van der Waals surface area contributed by atoms with Gasteiger partial charge in [-0.15, -0.1) is 0 Å². The number of carbonyl (C=O) groups excluding carboxylic acids is 2. The molecule has 0 aromatic rings. The van der Waals surface area contributed by atoms with E-state index in [1.165, 1.54) is 283 Å². The molecular weight excluding hydrogens is 1190 g/mol. The van der Waals surface area contributed by atoms with Crippen LogP contribution in [0.2, 0.25) is 0 Å². The molecule has 2 unspecified atom stereocenters. The molecule has 1 N–H and O–H groups in total. The van der Waals surface area contributed by atoms with Crippen LogP contribution in [0.4, 0.5) is 0 Å². The van der Waals surface area contributed by atoms with E-state index in [4.69, 9.17) is 18.9 Å². The van der Waals surface area contributed by atoms with Gasteiger partial charge in [0.1, 0.15) is 13.2 Å². The van der Waals surface area contributed by atoms with Gasteiger partial charge >= 0.3 is 17.9 Å². The molecule has 0 heterocycles. The summed E-state index contributed by atoms with van der Waals surface area (Å²) in [6, 6.07) is 0. The lowest BCUT2D eigenvalue weighted by Gasteiger charge is -2.25. The van der Waals surface area contributed by atoms with Crippen LogP contribution in [0.1, 0.15) is 393 Å². The number of unbranched alkanes of at least 4 members (excludes halogenated alkanes) is 48. The second-order valence-corrected chi connectivity index (χ2v) is 29.1. The van der Waals surface area contributed by atoms with Gasteiger partial charge in [0.05, 0.1) is 34.4 Å². The highest BCUT2D eigenvalue weighted by Gasteiger charge is 2.25. The largest absolute Gasteiger partial charge is 0.477 e. The van der Waals surface area contributed by atoms with E-state index in [1.807, 2.05) is 21.1 Å². The predicted octanol–water partition coefficient (Wildman–Crippen LogP) is 26.5. The number of likely N-dealkylation sites (N-methyl/N-ethyl adjacent to an activating group) is 1. The molecule has 0 saturated heterocycles. The van der Waals surface area contributed by atoms with Gasteiger partial charge in [-0.1, -0.05) is 394 Å². The van der Waals surface area contributed by atoms with Crippen molar-refractivity contribution in [3.8, 4) is 0 Å². The van der Waals surface area contributed by atoms with Crippen LogP contribution in [0.3, 0.4) is 0 Å². The van der Waals surface area contributed by atoms with Crippen LogP contribution >= 0.6 is 0 Å². The van der Waals surface area contributed by atoms with E-state index in [0.717, 1.165) is 83.5 Å². The van der Waals surface area contributed by atoms with E-state index in [0.29, 0.717) is 17.4 Å². The number of rotatable bonds is 77. The SMILES string of the molecule is CC/C=C\C/C=C\C/C=C\C/C=C\C/C=C\C/C=C\C/C=C\CCCCCCCCCCCCCCCCCCCC(=O)OC(COC(=O)CCCCCCCCCCCCCCCCCCCCCCCCCCCCCCCCCC)COC(OCC[N+](C)(C)C)C(=O)O. The maximum Gasteiger partial charge on any atom is 0.361 e. The Morgan fingerprint density at radius 3 is 0.885 bits per heavy atom. The lowest BCUT2D eigenvalue weighted by Crippen LogP contribution is -2.40. The number of allylic oxidation sites excluding steroid dienone is 14. The third kappa shape index (κ3) is 77.8. The van der Waals surface area contributed by atoms with Gasteiger partial charge in [-0.05, 0) is 70.6 Å². The molecule has 96 heavy (non-hydrogen) atoms. The molecule has 0 amide bonds. The van der Waals surface area contributed by atoms with Crippen molar-refractivity contribution in [2.75, 3.05) is 47.5 Å². The molecule has 0 aromatic carbocycles. The van der Waals surface area contributed by atoms with Gasteiger partial charge in [-0.2, -0.15) is 0 Å². The van der Waals surface area contributed by atoms with E-state index in [9.17, 15) is 19.5 Å². The van der Waals surface area contributed by atoms with Gasteiger partial charge in [0, 0.05) is 12.8 Å². The first kappa shape index (κ1) is 92.5. The molecule has 0 saturated carbocycles. The van der Waals surface area contributed by atoms with Gasteiger partial charge in [0.15, 0.2) is 6.10 Å². The Morgan fingerprint density at radius 1 is 0.323 bits per heavy atom. The summed E-state index contributed by atoms with van der Waals surface area (Å²) in [7, 11) is 6.00. The smallest absolute Gasteiger partial charge is 0.361 e. The Balaban J connectivity index is 3.99. The Bertz CT molecular complexity index is 1860. The molecule has 2 atom stereocenters. The van der Waals surface area contributed by atoms with Gasteiger partial charge in [-0.25, -0.2) is 4.79 Å². The van der Waals surface area contributed by atoms with Crippen LogP contribution in [0.5, 0.6) is 0 Å². The van der Waals surface area contributed by atoms with Crippen LogP contribution in [0.25, 0.3) is 0 Å². The van der Waals surface area contributed by atoms with E-state index >= 15 is 0 Å². The molecule has 0 radical (unpaired) electrons. The highest BCUT2D eigenvalue weighted by atomic mass is 16.7. The second-order valence-electron chi connectivity index (χ2n) is 29.1. The molecule has 0 aromatic heterocycles. The average molecular weight is 1350 g/mol. The van der Waals surface area contributed by atoms with Crippen LogP contribution in [0, 0.1) is 0 Å². The van der Waals surface area contributed by atoms with E-state index < -0.39 is 18.4 Å². The summed E-state index contributed by atoms with van der Waals surface area (Å²) >= 11 is 0. The first-order chi connectivity index (χ1) is 47.1. The molecule has 558 valence electrons. The molecule has 0 rings (SSSR count). The van der Waals surface area contributed by atoms with Gasteiger partial charge in [0.25, 0.3) is 6.29 Å². The number of aliphatic carboxylic acids is 1. The normalized spacial score (nSPS) is 13.1. The number of hydrogen-bond acceptors (Lipinski definition) is 7. The number of carboxylic acids is 1. The Labute approximate surface area is 595 Å². The van der Waals surface area contributed by atoms with Gasteiger partial charge in [0.2, 0.25) is 0 Å².